The number of aromatic nitrogens is 1. The predicted octanol–water partition coefficient (Wildman–Crippen LogP) is 6.27. The minimum Gasteiger partial charge on any atom is -0.478 e. The number of carboxylic acid groups (broad SMARTS) is 1. The molecule has 25 heavy (non-hydrogen) atoms. The third kappa shape index (κ3) is 8.98. The number of hydrogen-bond acceptors (Lipinski definition) is 1. The Balaban J connectivity index is 2.17. The SMILES string of the molecule is CCCCCCCCCCCCC(F)(F)Cn1cc(F)c(C(=O)O)c1. The molecule has 0 saturated carbocycles. The number of carboxylic acids is 1. The fourth-order valence-corrected chi connectivity index (χ4v) is 2.95. The minimum absolute atomic E-state index is 0.258. The summed E-state index contributed by atoms with van der Waals surface area (Å²) >= 11 is 0. The van der Waals surface area contributed by atoms with Crippen molar-refractivity contribution in [3.8, 4) is 0 Å². The summed E-state index contributed by atoms with van der Waals surface area (Å²) in [6, 6.07) is 0. The molecule has 0 radical (unpaired) electrons. The zero-order valence-electron chi connectivity index (χ0n) is 15.1. The van der Waals surface area contributed by atoms with Crippen LogP contribution in [-0.4, -0.2) is 21.6 Å². The Hall–Kier alpha value is -1.46. The highest BCUT2D eigenvalue weighted by atomic mass is 19.3. The summed E-state index contributed by atoms with van der Waals surface area (Å²) in [7, 11) is 0. The molecule has 1 N–H and O–H groups in total. The molecule has 0 atom stereocenters. The lowest BCUT2D eigenvalue weighted by atomic mass is 10.0. The smallest absolute Gasteiger partial charge is 0.340 e. The van der Waals surface area contributed by atoms with E-state index in [4.69, 9.17) is 5.11 Å². The number of hydrogen-bond donors (Lipinski definition) is 1. The van der Waals surface area contributed by atoms with E-state index in [0.717, 1.165) is 36.2 Å². The number of unbranched alkanes of at least 4 members (excludes halogenated alkanes) is 9. The van der Waals surface area contributed by atoms with Crippen molar-refractivity contribution < 1.29 is 23.1 Å². The maximum absolute atomic E-state index is 13.9. The molecule has 1 aromatic rings. The zero-order valence-corrected chi connectivity index (χ0v) is 15.1. The molecular formula is C19H30F3NO2. The van der Waals surface area contributed by atoms with Crippen LogP contribution < -0.4 is 0 Å². The first-order chi connectivity index (χ1) is 11.9. The lowest BCUT2D eigenvalue weighted by Gasteiger charge is -2.16. The molecule has 0 aliphatic rings. The Bertz CT molecular complexity index is 515. The van der Waals surface area contributed by atoms with Gasteiger partial charge >= 0.3 is 5.97 Å². The van der Waals surface area contributed by atoms with Crippen LogP contribution in [0.2, 0.25) is 0 Å². The summed E-state index contributed by atoms with van der Waals surface area (Å²) in [5, 5.41) is 8.74. The van der Waals surface area contributed by atoms with Crippen LogP contribution in [0.4, 0.5) is 13.2 Å². The van der Waals surface area contributed by atoms with Gasteiger partial charge in [0.1, 0.15) is 5.56 Å². The Morgan fingerprint density at radius 3 is 2.00 bits per heavy atom. The molecule has 0 unspecified atom stereocenters. The van der Waals surface area contributed by atoms with Gasteiger partial charge in [0, 0.05) is 18.8 Å². The summed E-state index contributed by atoms with van der Waals surface area (Å²) < 4.78 is 42.1. The molecule has 1 aromatic heterocycles. The highest BCUT2D eigenvalue weighted by Gasteiger charge is 2.29. The first-order valence-electron chi connectivity index (χ1n) is 9.32. The molecule has 6 heteroatoms. The van der Waals surface area contributed by atoms with Gasteiger partial charge in [-0.15, -0.1) is 0 Å². The average Bonchev–Trinajstić information content (AvgIpc) is 2.89. The zero-order chi connectivity index (χ0) is 18.7. The number of halogens is 3. The Morgan fingerprint density at radius 1 is 1.00 bits per heavy atom. The van der Waals surface area contributed by atoms with Crippen molar-refractivity contribution in [2.75, 3.05) is 0 Å². The van der Waals surface area contributed by atoms with Crippen LogP contribution in [0, 0.1) is 5.82 Å². The fourth-order valence-electron chi connectivity index (χ4n) is 2.95. The molecule has 0 aromatic carbocycles. The first-order valence-corrected chi connectivity index (χ1v) is 9.32. The molecule has 1 heterocycles. The van der Waals surface area contributed by atoms with Crippen LogP contribution in [0.1, 0.15) is 87.9 Å². The quantitative estimate of drug-likeness (QED) is 0.397. The highest BCUT2D eigenvalue weighted by molar-refractivity contribution is 5.87. The van der Waals surface area contributed by atoms with E-state index in [1.165, 1.54) is 38.5 Å². The van der Waals surface area contributed by atoms with Crippen LogP contribution in [0.15, 0.2) is 12.4 Å². The number of nitrogens with zero attached hydrogens (tertiary/aromatic N) is 1. The standard InChI is InChI=1S/C19H30F3NO2/c1-2-3-4-5-6-7-8-9-10-11-12-19(21,22)15-23-13-16(18(24)25)17(20)14-23/h13-14H,2-12,15H2,1H3,(H,24,25). The molecule has 0 spiro atoms. The van der Waals surface area contributed by atoms with Gasteiger partial charge in [-0.25, -0.2) is 18.0 Å². The van der Waals surface area contributed by atoms with E-state index in [0.29, 0.717) is 6.42 Å². The van der Waals surface area contributed by atoms with Gasteiger partial charge in [-0.2, -0.15) is 0 Å². The van der Waals surface area contributed by atoms with Crippen molar-refractivity contribution in [3.63, 3.8) is 0 Å². The molecule has 1 rings (SSSR count). The minimum atomic E-state index is -2.96. The van der Waals surface area contributed by atoms with Crippen molar-refractivity contribution in [1.82, 2.24) is 4.57 Å². The second-order valence-electron chi connectivity index (χ2n) is 6.79. The average molecular weight is 361 g/mol. The van der Waals surface area contributed by atoms with Crippen LogP contribution in [0.3, 0.4) is 0 Å². The van der Waals surface area contributed by atoms with Crippen molar-refractivity contribution in [2.45, 2.75) is 90.0 Å². The number of carbonyl (C=O) groups is 1. The van der Waals surface area contributed by atoms with E-state index < -0.39 is 29.8 Å². The molecule has 0 saturated heterocycles. The molecular weight excluding hydrogens is 331 g/mol. The van der Waals surface area contributed by atoms with E-state index in [2.05, 4.69) is 6.92 Å². The van der Waals surface area contributed by atoms with Crippen LogP contribution >= 0.6 is 0 Å². The summed E-state index contributed by atoms with van der Waals surface area (Å²) in [6.45, 7) is 1.50. The molecule has 0 amide bonds. The van der Waals surface area contributed by atoms with E-state index >= 15 is 0 Å². The van der Waals surface area contributed by atoms with Gasteiger partial charge in [-0.3, -0.25) is 0 Å². The lowest BCUT2D eigenvalue weighted by Crippen LogP contribution is -2.23. The van der Waals surface area contributed by atoms with Gasteiger partial charge < -0.3 is 9.67 Å². The first kappa shape index (κ1) is 21.6. The summed E-state index contributed by atoms with van der Waals surface area (Å²) in [5.41, 5.74) is -0.574. The molecule has 0 aliphatic carbocycles. The van der Waals surface area contributed by atoms with Gasteiger partial charge in [0.15, 0.2) is 5.82 Å². The molecule has 0 bridgehead atoms. The third-order valence-corrected chi connectivity index (χ3v) is 4.37. The Morgan fingerprint density at radius 2 is 1.52 bits per heavy atom. The van der Waals surface area contributed by atoms with Crippen LogP contribution in [0.25, 0.3) is 0 Å². The van der Waals surface area contributed by atoms with E-state index in [-0.39, 0.29) is 6.42 Å². The molecule has 0 aliphatic heterocycles. The summed E-state index contributed by atoms with van der Waals surface area (Å²) in [6.07, 6.45) is 12.2. The van der Waals surface area contributed by atoms with E-state index in [1.807, 2.05) is 0 Å². The Kier molecular flexibility index (Phi) is 9.68. The van der Waals surface area contributed by atoms with Gasteiger partial charge in [0.2, 0.25) is 0 Å². The Labute approximate surface area is 148 Å². The fraction of sp³-hybridized carbons (Fsp3) is 0.737. The van der Waals surface area contributed by atoms with Gasteiger partial charge in [0.05, 0.1) is 6.54 Å². The number of rotatable bonds is 14. The maximum Gasteiger partial charge on any atom is 0.340 e. The van der Waals surface area contributed by atoms with Crippen molar-refractivity contribution >= 4 is 5.97 Å². The second kappa shape index (κ2) is 11.2. The molecule has 0 fully saturated rings. The van der Waals surface area contributed by atoms with Crippen molar-refractivity contribution in [1.29, 1.82) is 0 Å². The van der Waals surface area contributed by atoms with Gasteiger partial charge in [0.25, 0.3) is 5.92 Å². The largest absolute Gasteiger partial charge is 0.478 e. The molecule has 3 nitrogen and oxygen atoms in total. The third-order valence-electron chi connectivity index (χ3n) is 4.37. The van der Waals surface area contributed by atoms with Crippen molar-refractivity contribution in [3.05, 3.63) is 23.8 Å². The van der Waals surface area contributed by atoms with Gasteiger partial charge in [-0.05, 0) is 6.42 Å². The van der Waals surface area contributed by atoms with Gasteiger partial charge in [-0.1, -0.05) is 64.7 Å². The highest BCUT2D eigenvalue weighted by Crippen LogP contribution is 2.25. The van der Waals surface area contributed by atoms with E-state index in [9.17, 15) is 18.0 Å². The van der Waals surface area contributed by atoms with Crippen LogP contribution in [0.5, 0.6) is 0 Å². The topological polar surface area (TPSA) is 42.2 Å². The molecule has 144 valence electrons. The summed E-state index contributed by atoms with van der Waals surface area (Å²) in [5.74, 6) is -5.39. The predicted molar refractivity (Wildman–Crippen MR) is 92.8 cm³/mol. The van der Waals surface area contributed by atoms with Crippen molar-refractivity contribution in [2.24, 2.45) is 0 Å². The monoisotopic (exact) mass is 361 g/mol. The number of aromatic carboxylic acids is 1. The second-order valence-corrected chi connectivity index (χ2v) is 6.79. The van der Waals surface area contributed by atoms with Crippen LogP contribution in [-0.2, 0) is 6.54 Å². The van der Waals surface area contributed by atoms with E-state index in [1.54, 1.807) is 0 Å². The summed E-state index contributed by atoms with van der Waals surface area (Å²) in [4.78, 5) is 10.7. The lowest BCUT2D eigenvalue weighted by molar-refractivity contribution is -0.0267. The number of alkyl halides is 2. The maximum atomic E-state index is 13.9. The normalized spacial score (nSPS) is 11.8.